The molecule has 6 nitrogen and oxygen atoms in total. The van der Waals surface area contributed by atoms with Gasteiger partial charge in [-0.15, -0.1) is 0 Å². The first-order valence-electron chi connectivity index (χ1n) is 8.05. The third-order valence-electron chi connectivity index (χ3n) is 3.41. The summed E-state index contributed by atoms with van der Waals surface area (Å²) in [6.07, 6.45) is 0.431. The van der Waals surface area contributed by atoms with Gasteiger partial charge in [-0.25, -0.2) is 0 Å². The van der Waals surface area contributed by atoms with Gasteiger partial charge in [0.15, 0.2) is 0 Å². The summed E-state index contributed by atoms with van der Waals surface area (Å²) in [6.45, 7) is 6.63. The largest absolute Gasteiger partial charge is 0.383 e. The molecule has 24 heavy (non-hydrogen) atoms. The summed E-state index contributed by atoms with van der Waals surface area (Å²) in [4.78, 5) is 14.1. The molecular weight excluding hydrogens is 330 g/mol. The van der Waals surface area contributed by atoms with Crippen molar-refractivity contribution in [2.45, 2.75) is 33.7 Å². The molecule has 0 saturated heterocycles. The Morgan fingerprint density at radius 1 is 1.25 bits per heavy atom. The van der Waals surface area contributed by atoms with Crippen molar-refractivity contribution in [1.29, 1.82) is 0 Å². The van der Waals surface area contributed by atoms with E-state index in [-0.39, 0.29) is 29.9 Å². The van der Waals surface area contributed by atoms with Crippen molar-refractivity contribution in [2.75, 3.05) is 26.0 Å². The number of nitrogens with zero attached hydrogens (tertiary/aromatic N) is 1. The van der Waals surface area contributed by atoms with E-state index in [2.05, 4.69) is 0 Å². The topological polar surface area (TPSA) is 72.9 Å². The fourth-order valence-electron chi connectivity index (χ4n) is 2.09. The average molecular weight is 357 g/mol. The molecule has 7 heteroatoms. The van der Waals surface area contributed by atoms with Gasteiger partial charge >= 0.3 is 10.1 Å². The van der Waals surface area contributed by atoms with Gasteiger partial charge in [0, 0.05) is 32.2 Å². The number of carbonyl (C=O) groups is 1. The summed E-state index contributed by atoms with van der Waals surface area (Å²) in [5.41, 5.74) is 0.655. The van der Waals surface area contributed by atoms with E-state index < -0.39 is 10.1 Å². The monoisotopic (exact) mass is 357 g/mol. The van der Waals surface area contributed by atoms with Crippen LogP contribution in [0.5, 0.6) is 5.75 Å². The Morgan fingerprint density at radius 3 is 2.50 bits per heavy atom. The van der Waals surface area contributed by atoms with Crippen LogP contribution in [0.25, 0.3) is 0 Å². The summed E-state index contributed by atoms with van der Waals surface area (Å²) in [6, 6.07) is 6.87. The summed E-state index contributed by atoms with van der Waals surface area (Å²) >= 11 is 0. The molecule has 0 heterocycles. The van der Waals surface area contributed by atoms with Gasteiger partial charge in [-0.1, -0.05) is 32.0 Å². The minimum atomic E-state index is -3.62. The molecular formula is C17H27NO5S. The van der Waals surface area contributed by atoms with Crippen molar-refractivity contribution in [1.82, 2.24) is 4.90 Å². The number of carbonyl (C=O) groups excluding carboxylic acids is 1. The van der Waals surface area contributed by atoms with E-state index >= 15 is 0 Å². The second-order valence-electron chi connectivity index (χ2n) is 5.94. The van der Waals surface area contributed by atoms with Gasteiger partial charge in [0.1, 0.15) is 5.75 Å². The minimum absolute atomic E-state index is 0.00945. The molecule has 0 spiro atoms. The number of methoxy groups -OCH3 is 1. The van der Waals surface area contributed by atoms with Gasteiger partial charge in [0.2, 0.25) is 5.91 Å². The molecule has 0 aliphatic heterocycles. The van der Waals surface area contributed by atoms with Crippen LogP contribution in [-0.4, -0.2) is 45.2 Å². The summed E-state index contributed by atoms with van der Waals surface area (Å²) in [5, 5.41) is 0. The molecule has 0 bridgehead atoms. The van der Waals surface area contributed by atoms with Gasteiger partial charge in [0.05, 0.1) is 12.4 Å². The number of amides is 1. The zero-order valence-corrected chi connectivity index (χ0v) is 15.6. The highest BCUT2D eigenvalue weighted by molar-refractivity contribution is 7.87. The predicted octanol–water partition coefficient (Wildman–Crippen LogP) is 2.44. The maximum absolute atomic E-state index is 12.4. The zero-order chi connectivity index (χ0) is 18.2. The molecule has 0 radical (unpaired) electrons. The minimum Gasteiger partial charge on any atom is -0.383 e. The van der Waals surface area contributed by atoms with Crippen molar-refractivity contribution >= 4 is 16.0 Å². The smallest absolute Gasteiger partial charge is 0.308 e. The van der Waals surface area contributed by atoms with E-state index in [4.69, 9.17) is 8.92 Å². The van der Waals surface area contributed by atoms with Crippen LogP contribution in [0, 0.1) is 5.92 Å². The summed E-state index contributed by atoms with van der Waals surface area (Å²) in [5.74, 6) is 0.407. The van der Waals surface area contributed by atoms with E-state index in [0.29, 0.717) is 25.1 Å². The van der Waals surface area contributed by atoms with Crippen LogP contribution in [0.15, 0.2) is 24.3 Å². The summed E-state index contributed by atoms with van der Waals surface area (Å²) in [7, 11) is -2.04. The standard InChI is InChI=1S/C17H27NO5S/c1-5-24(20,21)23-16-9-7-6-8-15(16)13-18(10-11-22-4)17(19)12-14(2)3/h6-9,14H,5,10-13H2,1-4H3. The number of rotatable bonds is 10. The van der Waals surface area contributed by atoms with Crippen LogP contribution in [0.2, 0.25) is 0 Å². The fourth-order valence-corrected chi connectivity index (χ4v) is 2.64. The molecule has 1 aromatic rings. The van der Waals surface area contributed by atoms with Crippen LogP contribution < -0.4 is 4.18 Å². The number of hydrogen-bond donors (Lipinski definition) is 0. The molecule has 0 unspecified atom stereocenters. The molecule has 0 aromatic heterocycles. The van der Waals surface area contributed by atoms with Gasteiger partial charge < -0.3 is 13.8 Å². The fraction of sp³-hybridized carbons (Fsp3) is 0.588. The van der Waals surface area contributed by atoms with Gasteiger partial charge in [-0.3, -0.25) is 4.79 Å². The van der Waals surface area contributed by atoms with Crippen molar-refractivity contribution in [3.8, 4) is 5.75 Å². The van der Waals surface area contributed by atoms with E-state index in [9.17, 15) is 13.2 Å². The second kappa shape index (κ2) is 9.64. The highest BCUT2D eigenvalue weighted by Gasteiger charge is 2.19. The third-order valence-corrected chi connectivity index (χ3v) is 4.55. The van der Waals surface area contributed by atoms with E-state index in [1.54, 1.807) is 36.3 Å². The van der Waals surface area contributed by atoms with Crippen LogP contribution in [0.1, 0.15) is 32.8 Å². The Hall–Kier alpha value is -1.60. The van der Waals surface area contributed by atoms with Crippen molar-refractivity contribution < 1.29 is 22.1 Å². The first-order chi connectivity index (χ1) is 11.3. The van der Waals surface area contributed by atoms with E-state index in [1.807, 2.05) is 13.8 Å². The zero-order valence-electron chi connectivity index (χ0n) is 14.8. The van der Waals surface area contributed by atoms with Crippen molar-refractivity contribution in [3.63, 3.8) is 0 Å². The Labute approximate surface area is 144 Å². The lowest BCUT2D eigenvalue weighted by Gasteiger charge is -2.24. The maximum atomic E-state index is 12.4. The molecule has 0 aliphatic rings. The van der Waals surface area contributed by atoms with Crippen LogP contribution in [0.4, 0.5) is 0 Å². The molecule has 0 N–H and O–H groups in total. The average Bonchev–Trinajstić information content (AvgIpc) is 2.52. The number of ether oxygens (including phenoxy) is 1. The lowest BCUT2D eigenvalue weighted by molar-refractivity contribution is -0.133. The Kier molecular flexibility index (Phi) is 8.21. The van der Waals surface area contributed by atoms with E-state index in [0.717, 1.165) is 0 Å². The van der Waals surface area contributed by atoms with Crippen LogP contribution in [0.3, 0.4) is 0 Å². The number of benzene rings is 1. The highest BCUT2D eigenvalue weighted by Crippen LogP contribution is 2.22. The van der Waals surface area contributed by atoms with Crippen LogP contribution in [-0.2, 0) is 26.2 Å². The van der Waals surface area contributed by atoms with Crippen molar-refractivity contribution in [3.05, 3.63) is 29.8 Å². The van der Waals surface area contributed by atoms with E-state index in [1.165, 1.54) is 6.92 Å². The summed E-state index contributed by atoms with van der Waals surface area (Å²) < 4.78 is 33.7. The van der Waals surface area contributed by atoms with Gasteiger partial charge in [0.25, 0.3) is 0 Å². The SMILES string of the molecule is CCS(=O)(=O)Oc1ccccc1CN(CCOC)C(=O)CC(C)C. The Balaban J connectivity index is 2.98. The van der Waals surface area contributed by atoms with Gasteiger partial charge in [-0.05, 0) is 18.9 Å². The highest BCUT2D eigenvalue weighted by atomic mass is 32.2. The van der Waals surface area contributed by atoms with Crippen molar-refractivity contribution in [2.24, 2.45) is 5.92 Å². The quantitative estimate of drug-likeness (QED) is 0.601. The Morgan fingerprint density at radius 2 is 1.92 bits per heavy atom. The molecule has 0 saturated carbocycles. The molecule has 1 aromatic carbocycles. The number of hydrogen-bond acceptors (Lipinski definition) is 5. The lowest BCUT2D eigenvalue weighted by atomic mass is 10.1. The Bertz CT molecular complexity index is 628. The second-order valence-corrected chi connectivity index (χ2v) is 7.80. The molecule has 136 valence electrons. The third kappa shape index (κ3) is 6.88. The first kappa shape index (κ1) is 20.4. The maximum Gasteiger partial charge on any atom is 0.308 e. The molecule has 0 atom stereocenters. The normalized spacial score (nSPS) is 11.5. The number of para-hydroxylation sites is 1. The molecule has 1 amide bonds. The van der Waals surface area contributed by atoms with Gasteiger partial charge in [-0.2, -0.15) is 8.42 Å². The molecule has 1 rings (SSSR count). The molecule has 0 fully saturated rings. The lowest BCUT2D eigenvalue weighted by Crippen LogP contribution is -2.34. The predicted molar refractivity (Wildman–Crippen MR) is 93.3 cm³/mol. The van der Waals surface area contributed by atoms with Crippen LogP contribution >= 0.6 is 0 Å². The molecule has 0 aliphatic carbocycles. The first-order valence-corrected chi connectivity index (χ1v) is 9.63.